The van der Waals surface area contributed by atoms with Crippen molar-refractivity contribution in [2.45, 2.75) is 26.4 Å². The molecule has 0 heterocycles. The van der Waals surface area contributed by atoms with Crippen LogP contribution >= 0.6 is 0 Å². The zero-order valence-electron chi connectivity index (χ0n) is 12.2. The van der Waals surface area contributed by atoms with Gasteiger partial charge in [0.05, 0.1) is 0 Å². The fraction of sp³-hybridized carbons (Fsp3) is 0.294. The zero-order chi connectivity index (χ0) is 14.7. The standard InChI is InChI=1S/C17H21FN2/c1-12-7-9-14(10-8-12)11-20(3)16-6-4-5-15(18)17(16)13(2)19/h4-10,13H,11,19H2,1-3H3. The Morgan fingerprint density at radius 1 is 1.15 bits per heavy atom. The van der Waals surface area contributed by atoms with Crippen molar-refractivity contribution < 1.29 is 4.39 Å². The number of rotatable bonds is 4. The van der Waals surface area contributed by atoms with E-state index in [1.807, 2.05) is 24.9 Å². The maximum Gasteiger partial charge on any atom is 0.130 e. The Hall–Kier alpha value is -1.87. The molecule has 2 rings (SSSR count). The van der Waals surface area contributed by atoms with E-state index < -0.39 is 0 Å². The van der Waals surface area contributed by atoms with Crippen LogP contribution in [0.4, 0.5) is 10.1 Å². The molecule has 2 N–H and O–H groups in total. The van der Waals surface area contributed by atoms with E-state index in [9.17, 15) is 4.39 Å². The predicted molar refractivity (Wildman–Crippen MR) is 82.3 cm³/mol. The Kier molecular flexibility index (Phi) is 4.40. The Morgan fingerprint density at radius 3 is 2.40 bits per heavy atom. The number of hydrogen-bond acceptors (Lipinski definition) is 2. The van der Waals surface area contributed by atoms with Gasteiger partial charge in [-0.05, 0) is 31.5 Å². The van der Waals surface area contributed by atoms with E-state index in [-0.39, 0.29) is 11.9 Å². The summed E-state index contributed by atoms with van der Waals surface area (Å²) in [6.45, 7) is 4.60. The second-order valence-electron chi connectivity index (χ2n) is 5.30. The van der Waals surface area contributed by atoms with Crippen LogP contribution in [0.5, 0.6) is 0 Å². The van der Waals surface area contributed by atoms with Gasteiger partial charge in [-0.1, -0.05) is 35.9 Å². The van der Waals surface area contributed by atoms with Crippen LogP contribution in [0.1, 0.15) is 29.7 Å². The van der Waals surface area contributed by atoms with Crippen LogP contribution in [-0.2, 0) is 6.54 Å². The van der Waals surface area contributed by atoms with Crippen molar-refractivity contribution in [3.63, 3.8) is 0 Å². The van der Waals surface area contributed by atoms with Crippen LogP contribution in [0.3, 0.4) is 0 Å². The number of aryl methyl sites for hydroxylation is 1. The zero-order valence-corrected chi connectivity index (χ0v) is 12.2. The molecule has 2 nitrogen and oxygen atoms in total. The van der Waals surface area contributed by atoms with Gasteiger partial charge >= 0.3 is 0 Å². The molecular formula is C17H21FN2. The van der Waals surface area contributed by atoms with Crippen molar-refractivity contribution >= 4 is 5.69 Å². The van der Waals surface area contributed by atoms with Gasteiger partial charge in [-0.3, -0.25) is 0 Å². The molecule has 106 valence electrons. The number of nitrogens with two attached hydrogens (primary N) is 1. The quantitative estimate of drug-likeness (QED) is 0.917. The lowest BCUT2D eigenvalue weighted by Crippen LogP contribution is -2.21. The third-order valence-electron chi connectivity index (χ3n) is 3.44. The fourth-order valence-electron chi connectivity index (χ4n) is 2.36. The summed E-state index contributed by atoms with van der Waals surface area (Å²) in [6, 6.07) is 13.1. The topological polar surface area (TPSA) is 29.3 Å². The number of anilines is 1. The van der Waals surface area contributed by atoms with Crippen LogP contribution in [-0.4, -0.2) is 7.05 Å². The number of nitrogens with zero attached hydrogens (tertiary/aromatic N) is 1. The first-order valence-electron chi connectivity index (χ1n) is 6.79. The van der Waals surface area contributed by atoms with E-state index in [4.69, 9.17) is 5.73 Å². The molecule has 0 saturated carbocycles. The molecule has 2 aromatic carbocycles. The molecule has 2 aromatic rings. The molecule has 0 radical (unpaired) electrons. The normalized spacial score (nSPS) is 12.2. The molecule has 0 bridgehead atoms. The molecule has 0 spiro atoms. The third-order valence-corrected chi connectivity index (χ3v) is 3.44. The second-order valence-corrected chi connectivity index (χ2v) is 5.30. The van der Waals surface area contributed by atoms with Crippen molar-refractivity contribution in [1.29, 1.82) is 0 Å². The SMILES string of the molecule is Cc1ccc(CN(C)c2cccc(F)c2C(C)N)cc1. The van der Waals surface area contributed by atoms with Crippen molar-refractivity contribution in [2.75, 3.05) is 11.9 Å². The summed E-state index contributed by atoms with van der Waals surface area (Å²) in [6.07, 6.45) is 0. The summed E-state index contributed by atoms with van der Waals surface area (Å²) in [5, 5.41) is 0. The maximum absolute atomic E-state index is 13.9. The molecule has 0 aromatic heterocycles. The molecule has 20 heavy (non-hydrogen) atoms. The Bertz CT molecular complexity index is 576. The summed E-state index contributed by atoms with van der Waals surface area (Å²) in [7, 11) is 1.96. The van der Waals surface area contributed by atoms with Crippen molar-refractivity contribution in [2.24, 2.45) is 5.73 Å². The van der Waals surface area contributed by atoms with E-state index >= 15 is 0 Å². The first-order valence-corrected chi connectivity index (χ1v) is 6.79. The van der Waals surface area contributed by atoms with Crippen molar-refractivity contribution in [1.82, 2.24) is 0 Å². The molecule has 3 heteroatoms. The highest BCUT2D eigenvalue weighted by Gasteiger charge is 2.15. The molecule has 1 unspecified atom stereocenters. The summed E-state index contributed by atoms with van der Waals surface area (Å²) >= 11 is 0. The van der Waals surface area contributed by atoms with Gasteiger partial charge in [0, 0.05) is 30.9 Å². The first kappa shape index (κ1) is 14.5. The van der Waals surface area contributed by atoms with Crippen LogP contribution in [0.15, 0.2) is 42.5 Å². The van der Waals surface area contributed by atoms with Gasteiger partial charge < -0.3 is 10.6 Å². The molecule has 0 amide bonds. The average molecular weight is 272 g/mol. The lowest BCUT2D eigenvalue weighted by molar-refractivity contribution is 0.592. The largest absolute Gasteiger partial charge is 0.370 e. The summed E-state index contributed by atoms with van der Waals surface area (Å²) in [5.41, 5.74) is 9.75. The molecule has 0 saturated heterocycles. The van der Waals surface area contributed by atoms with Crippen molar-refractivity contribution in [3.05, 3.63) is 65.0 Å². The van der Waals surface area contributed by atoms with Gasteiger partial charge in [-0.2, -0.15) is 0 Å². The van der Waals surface area contributed by atoms with Crippen LogP contribution in [0.2, 0.25) is 0 Å². The molecule has 1 atom stereocenters. The average Bonchev–Trinajstić information content (AvgIpc) is 2.40. The Balaban J connectivity index is 2.27. The first-order chi connectivity index (χ1) is 9.49. The maximum atomic E-state index is 13.9. The van der Waals surface area contributed by atoms with Crippen molar-refractivity contribution in [3.8, 4) is 0 Å². The van der Waals surface area contributed by atoms with Crippen LogP contribution < -0.4 is 10.6 Å². The Labute approximate surface area is 120 Å². The van der Waals surface area contributed by atoms with Gasteiger partial charge in [0.25, 0.3) is 0 Å². The summed E-state index contributed by atoms with van der Waals surface area (Å²) in [4.78, 5) is 2.03. The minimum Gasteiger partial charge on any atom is -0.370 e. The number of hydrogen-bond donors (Lipinski definition) is 1. The van der Waals surface area contributed by atoms with Gasteiger partial charge in [-0.25, -0.2) is 4.39 Å². The summed E-state index contributed by atoms with van der Waals surface area (Å²) < 4.78 is 13.9. The molecule has 0 fully saturated rings. The highest BCUT2D eigenvalue weighted by molar-refractivity contribution is 5.55. The molecule has 0 aliphatic heterocycles. The number of halogens is 1. The van der Waals surface area contributed by atoms with Gasteiger partial charge in [0.1, 0.15) is 5.82 Å². The minimum absolute atomic E-state index is 0.242. The molecule has 0 aliphatic carbocycles. The predicted octanol–water partition coefficient (Wildman–Crippen LogP) is 3.79. The molecular weight excluding hydrogens is 251 g/mol. The van der Waals surface area contributed by atoms with Crippen LogP contribution in [0, 0.1) is 12.7 Å². The van der Waals surface area contributed by atoms with E-state index in [1.54, 1.807) is 6.07 Å². The van der Waals surface area contributed by atoms with Crippen LogP contribution in [0.25, 0.3) is 0 Å². The lowest BCUT2D eigenvalue weighted by Gasteiger charge is -2.24. The van der Waals surface area contributed by atoms with E-state index in [1.165, 1.54) is 17.2 Å². The third kappa shape index (κ3) is 3.17. The van der Waals surface area contributed by atoms with Gasteiger partial charge in [0.15, 0.2) is 0 Å². The smallest absolute Gasteiger partial charge is 0.130 e. The van der Waals surface area contributed by atoms with E-state index in [0.29, 0.717) is 5.56 Å². The van der Waals surface area contributed by atoms with Gasteiger partial charge in [-0.15, -0.1) is 0 Å². The summed E-state index contributed by atoms with van der Waals surface area (Å²) in [5.74, 6) is -0.242. The monoisotopic (exact) mass is 272 g/mol. The molecule has 0 aliphatic rings. The second kappa shape index (κ2) is 6.06. The van der Waals surface area contributed by atoms with Gasteiger partial charge in [0.2, 0.25) is 0 Å². The van der Waals surface area contributed by atoms with E-state index in [2.05, 4.69) is 31.2 Å². The highest BCUT2D eigenvalue weighted by Crippen LogP contribution is 2.28. The number of benzene rings is 2. The van der Waals surface area contributed by atoms with E-state index in [0.717, 1.165) is 12.2 Å². The highest BCUT2D eigenvalue weighted by atomic mass is 19.1. The lowest BCUT2D eigenvalue weighted by atomic mass is 10.0. The fourth-order valence-corrected chi connectivity index (χ4v) is 2.36. The minimum atomic E-state index is -0.327. The Morgan fingerprint density at radius 2 is 1.80 bits per heavy atom.